The molecule has 0 saturated carbocycles. The van der Waals surface area contributed by atoms with Gasteiger partial charge in [0.1, 0.15) is 34.7 Å². The summed E-state index contributed by atoms with van der Waals surface area (Å²) in [6, 6.07) is 0.964. The van der Waals surface area contributed by atoms with Gasteiger partial charge in [-0.2, -0.15) is 25.7 Å². The van der Waals surface area contributed by atoms with Gasteiger partial charge in [0.15, 0.2) is 11.8 Å². The van der Waals surface area contributed by atoms with Crippen molar-refractivity contribution in [3.8, 4) is 0 Å². The van der Waals surface area contributed by atoms with Crippen LogP contribution in [0.5, 0.6) is 0 Å². The van der Waals surface area contributed by atoms with E-state index in [1.807, 2.05) is 81.1 Å². The monoisotopic (exact) mass is 1750 g/mol. The molecule has 0 aromatic carbocycles. The molecule has 0 aromatic rings. The third-order valence-electron chi connectivity index (χ3n) is 11.3. The van der Waals surface area contributed by atoms with E-state index in [0.29, 0.717) is 113 Å². The Morgan fingerprint density at radius 3 is 0.895 bits per heavy atom. The van der Waals surface area contributed by atoms with E-state index in [1.54, 1.807) is 0 Å². The number of ketones is 6. The van der Waals surface area contributed by atoms with Gasteiger partial charge < -0.3 is 56.5 Å². The summed E-state index contributed by atoms with van der Waals surface area (Å²) in [4.78, 5) is 91.3. The fourth-order valence-electron chi connectivity index (χ4n) is 6.24. The minimum atomic E-state index is 0. The zero-order valence-corrected chi connectivity index (χ0v) is 63.2. The molecule has 0 spiro atoms. The van der Waals surface area contributed by atoms with E-state index in [4.69, 9.17) is 0 Å². The first-order chi connectivity index (χ1) is 33.7. The number of unbranched alkanes of at least 4 members (excludes halogenated alkanes) is 4. The molecule has 12 nitrogen and oxygen atoms in total. The van der Waals surface area contributed by atoms with E-state index in [2.05, 4.69) is 76.7 Å². The predicted molar refractivity (Wildman–Crippen MR) is 308 cm³/mol. The van der Waals surface area contributed by atoms with Crippen LogP contribution < -0.4 is 21.3 Å². The van der Waals surface area contributed by atoms with Crippen molar-refractivity contribution in [3.63, 3.8) is 0 Å². The Hall–Kier alpha value is 0.0358. The molecular weight excluding hydrogens is 1630 g/mol. The third kappa shape index (κ3) is 76.1. The van der Waals surface area contributed by atoms with Crippen LogP contribution in [0, 0.1) is 155 Å². The molecule has 0 aliphatic carbocycles. The largest absolute Gasteiger partial charge is 2.00 e. The Morgan fingerprint density at radius 1 is 0.355 bits per heavy atom. The second kappa shape index (κ2) is 64.2. The van der Waals surface area contributed by atoms with Crippen molar-refractivity contribution in [2.45, 2.75) is 259 Å². The Labute approximate surface area is 540 Å². The van der Waals surface area contributed by atoms with Gasteiger partial charge in [-0.1, -0.05) is 131 Å². The summed E-state index contributed by atoms with van der Waals surface area (Å²) < 4.78 is 0. The Morgan fingerprint density at radius 2 is 0.632 bits per heavy atom. The van der Waals surface area contributed by atoms with E-state index in [0.717, 1.165) is 77.5 Å². The van der Waals surface area contributed by atoms with Crippen molar-refractivity contribution >= 4 is 46.5 Å². The van der Waals surface area contributed by atoms with Gasteiger partial charge in [0, 0.05) is 124 Å². The molecule has 0 aromatic heterocycles. The second-order valence-corrected chi connectivity index (χ2v) is 21.9. The molecule has 0 fully saturated rings. The van der Waals surface area contributed by atoms with E-state index in [9.17, 15) is 38.4 Å². The number of carbonyl (C=O) groups is 8. The van der Waals surface area contributed by atoms with E-state index in [-0.39, 0.29) is 159 Å². The number of nitrogens with one attached hydrogen (secondary N) is 4. The van der Waals surface area contributed by atoms with Crippen molar-refractivity contribution in [2.24, 2.45) is 35.5 Å². The van der Waals surface area contributed by atoms with E-state index in [1.165, 1.54) is 0 Å². The SMILES string of the molecule is C.CC(C)CCCNC(=O)C[CH-]CCC(=O)C(C)C.CC(C)CCCNC(=O)C[CH-]CCC(=O)C(C)C.CC(C)NCCCC(=O)CC[CH-]CC(=O)C(C)C.CC(C)NCCCC(=O)CC[CH-]CC(=O)C(C)C.[U+2].[U].[U]. The number of amides is 2. The van der Waals surface area contributed by atoms with E-state index < -0.39 is 0 Å². The average Bonchev–Trinajstić information content (AvgIpc) is 3.29. The van der Waals surface area contributed by atoms with Gasteiger partial charge >= 0.3 is 31.1 Å². The molecule has 76 heavy (non-hydrogen) atoms. The van der Waals surface area contributed by atoms with Crippen LogP contribution in [0.15, 0.2) is 0 Å². The number of rotatable bonds is 42. The molecule has 442 valence electrons. The van der Waals surface area contributed by atoms with Gasteiger partial charge in [-0.05, 0) is 89.1 Å². The summed E-state index contributed by atoms with van der Waals surface area (Å²) in [5.74, 6) is 3.55. The maximum absolute atomic E-state index is 11.5. The van der Waals surface area contributed by atoms with Crippen LogP contribution >= 0.6 is 0 Å². The Kier molecular flexibility index (Phi) is 78.1. The molecule has 0 aliphatic rings. The van der Waals surface area contributed by atoms with Crippen LogP contribution in [0.25, 0.3) is 0 Å². The molecule has 2 amide bonds. The molecule has 0 unspecified atom stereocenters. The molecule has 15 heteroatoms. The predicted octanol–water partition coefficient (Wildman–Crippen LogP) is 12.8. The maximum Gasteiger partial charge on any atom is 2.00 e. The van der Waals surface area contributed by atoms with Crippen molar-refractivity contribution in [1.29, 1.82) is 0 Å². The van der Waals surface area contributed by atoms with Crippen LogP contribution in [-0.2, 0) is 38.4 Å². The summed E-state index contributed by atoms with van der Waals surface area (Å²) >= 11 is 0. The van der Waals surface area contributed by atoms with Gasteiger partial charge in [-0.15, -0.1) is 12.8 Å². The topological polar surface area (TPSA) is 185 Å². The summed E-state index contributed by atoms with van der Waals surface area (Å²) in [5.41, 5.74) is 0. The minimum absolute atomic E-state index is 0. The third-order valence-corrected chi connectivity index (χ3v) is 11.3. The molecule has 0 saturated heterocycles. The minimum Gasteiger partial charge on any atom is -0.358 e. The van der Waals surface area contributed by atoms with Crippen molar-refractivity contribution in [2.75, 3.05) is 26.2 Å². The van der Waals surface area contributed by atoms with E-state index >= 15 is 0 Å². The first kappa shape index (κ1) is 92.5. The van der Waals surface area contributed by atoms with Crippen molar-refractivity contribution in [1.82, 2.24) is 21.3 Å². The van der Waals surface area contributed by atoms with Crippen LogP contribution in [-0.4, -0.2) is 84.8 Å². The molecule has 0 rings (SSSR count). The van der Waals surface area contributed by atoms with Gasteiger partial charge in [-0.25, -0.2) is 0 Å². The summed E-state index contributed by atoms with van der Waals surface area (Å²) in [5, 5.41) is 12.4. The standard InChI is InChI=1S/4C15H28NO2.CH4.3U/c2*1-12(2)8-7-11-16-15(18)10-6-5-9-14(17)13(3)4;2*1-12(2)15(18)10-6-5-8-14(17)9-7-11-16-13(3)4;;;;/h2*6,12-13H,5,7-11H2,1-4H3,(H,16,18);2*6,12-13,16H,5,7-11H2,1-4H3;1H4;;;/q4*-1;;;;+2. The smallest absolute Gasteiger partial charge is 0.358 e. The molecule has 0 atom stereocenters. The maximum atomic E-state index is 11.5. The molecular formula is C61H116N4O8U3-2. The van der Waals surface area contributed by atoms with Gasteiger partial charge in [-0.3, -0.25) is 28.8 Å². The zero-order chi connectivity index (χ0) is 55.9. The molecule has 0 bridgehead atoms. The quantitative estimate of drug-likeness (QED) is 0.0339. The van der Waals surface area contributed by atoms with Crippen molar-refractivity contribution in [3.05, 3.63) is 25.7 Å². The van der Waals surface area contributed by atoms with Crippen LogP contribution in [0.3, 0.4) is 0 Å². The molecule has 4 N–H and O–H groups in total. The van der Waals surface area contributed by atoms with Gasteiger partial charge in [0.2, 0.25) is 0 Å². The average molecular weight is 1750 g/mol. The van der Waals surface area contributed by atoms with Crippen LogP contribution in [0.2, 0.25) is 0 Å². The normalized spacial score (nSPS) is 10.5. The van der Waals surface area contributed by atoms with Gasteiger partial charge in [0.05, 0.1) is 0 Å². The fraction of sp³-hybridized carbons (Fsp3) is 0.803. The molecule has 0 aliphatic heterocycles. The molecule has 0 heterocycles. The zero-order valence-electron chi connectivity index (χ0n) is 50.7. The number of hydrogen-bond acceptors (Lipinski definition) is 10. The first-order valence-electron chi connectivity index (χ1n) is 28.1. The molecule has 0 radical (unpaired) electrons. The summed E-state index contributed by atoms with van der Waals surface area (Å²) in [6.45, 7) is 35.7. The first-order valence-corrected chi connectivity index (χ1v) is 28.1. The van der Waals surface area contributed by atoms with Crippen LogP contribution in [0.1, 0.15) is 247 Å². The van der Waals surface area contributed by atoms with Gasteiger partial charge in [0.25, 0.3) is 0 Å². The number of hydrogen-bond donors (Lipinski definition) is 4. The Bertz CT molecular complexity index is 1210. The summed E-state index contributed by atoms with van der Waals surface area (Å²) in [6.07, 6.45) is 22.1. The second-order valence-electron chi connectivity index (χ2n) is 21.9. The van der Waals surface area contributed by atoms with Crippen LogP contribution in [0.4, 0.5) is 0 Å². The fourth-order valence-corrected chi connectivity index (χ4v) is 6.24. The number of carbonyl (C=O) groups excluding carboxylic acids is 8. The Balaban J connectivity index is -0.000000133. The summed E-state index contributed by atoms with van der Waals surface area (Å²) in [7, 11) is 0. The van der Waals surface area contributed by atoms with Crippen molar-refractivity contribution < 1.29 is 132 Å². The number of Topliss-reactive ketones (excluding diaryl/α,β-unsaturated/α-hetero) is 6.